The first-order valence-electron chi connectivity index (χ1n) is 8.65. The van der Waals surface area contributed by atoms with E-state index in [4.69, 9.17) is 5.73 Å². The highest BCUT2D eigenvalue weighted by molar-refractivity contribution is 5.48. The molecule has 3 aromatic rings. The molecule has 0 atom stereocenters. The molecule has 3 rings (SSSR count). The van der Waals surface area contributed by atoms with E-state index in [1.54, 1.807) is 0 Å². The summed E-state index contributed by atoms with van der Waals surface area (Å²) in [6.45, 7) is 1.84. The van der Waals surface area contributed by atoms with Gasteiger partial charge in [-0.15, -0.1) is 0 Å². The molecule has 0 aliphatic heterocycles. The van der Waals surface area contributed by atoms with Crippen LogP contribution in [0.5, 0.6) is 0 Å². The molecule has 2 N–H and O–H groups in total. The SMILES string of the molecule is Nc1ccc(CN(C=Cc2ccccc2)CCc2ccccc2)cc1. The molecule has 0 saturated carbocycles. The second-order valence-electron chi connectivity index (χ2n) is 6.17. The van der Waals surface area contributed by atoms with Crippen LogP contribution in [0.3, 0.4) is 0 Å². The predicted octanol–water partition coefficient (Wildman–Crippen LogP) is 4.98. The van der Waals surface area contributed by atoms with Crippen LogP contribution in [0.25, 0.3) is 6.08 Å². The zero-order chi connectivity index (χ0) is 17.3. The summed E-state index contributed by atoms with van der Waals surface area (Å²) >= 11 is 0. The van der Waals surface area contributed by atoms with Crippen LogP contribution >= 0.6 is 0 Å². The lowest BCUT2D eigenvalue weighted by atomic mass is 10.1. The zero-order valence-corrected chi connectivity index (χ0v) is 14.4. The van der Waals surface area contributed by atoms with E-state index in [9.17, 15) is 0 Å². The van der Waals surface area contributed by atoms with Gasteiger partial charge in [-0.1, -0.05) is 72.8 Å². The molecule has 0 spiro atoms. The summed E-state index contributed by atoms with van der Waals surface area (Å²) in [6.07, 6.45) is 5.38. The molecular weight excluding hydrogens is 304 g/mol. The van der Waals surface area contributed by atoms with Crippen molar-refractivity contribution in [3.63, 3.8) is 0 Å². The highest BCUT2D eigenvalue weighted by Gasteiger charge is 2.03. The van der Waals surface area contributed by atoms with Crippen LogP contribution in [0.2, 0.25) is 0 Å². The third kappa shape index (κ3) is 5.54. The Labute approximate surface area is 150 Å². The first-order valence-corrected chi connectivity index (χ1v) is 8.65. The number of benzene rings is 3. The second kappa shape index (κ2) is 8.74. The number of hydrogen-bond donors (Lipinski definition) is 1. The standard InChI is InChI=1S/C23H24N2/c24-23-13-11-22(12-14-23)19-25(17-15-20-7-3-1-4-8-20)18-16-21-9-5-2-6-10-21/h1-15,17H,16,18-19,24H2. The maximum Gasteiger partial charge on any atom is 0.0424 e. The summed E-state index contributed by atoms with van der Waals surface area (Å²) in [6, 6.07) is 29.2. The van der Waals surface area contributed by atoms with Crippen LogP contribution in [0, 0.1) is 0 Å². The molecule has 0 fully saturated rings. The molecule has 2 heteroatoms. The van der Waals surface area contributed by atoms with E-state index < -0.39 is 0 Å². The van der Waals surface area contributed by atoms with Gasteiger partial charge in [0.15, 0.2) is 0 Å². The molecule has 0 aliphatic carbocycles. The van der Waals surface area contributed by atoms with E-state index in [1.807, 2.05) is 18.2 Å². The number of anilines is 1. The lowest BCUT2D eigenvalue weighted by molar-refractivity contribution is 0.375. The monoisotopic (exact) mass is 328 g/mol. The van der Waals surface area contributed by atoms with Gasteiger partial charge in [0.25, 0.3) is 0 Å². The van der Waals surface area contributed by atoms with Crippen molar-refractivity contribution in [1.82, 2.24) is 4.90 Å². The minimum Gasteiger partial charge on any atom is -0.399 e. The molecule has 0 radical (unpaired) electrons. The number of nitrogens with zero attached hydrogens (tertiary/aromatic N) is 1. The van der Waals surface area contributed by atoms with Crippen molar-refractivity contribution in [2.75, 3.05) is 12.3 Å². The number of hydrogen-bond acceptors (Lipinski definition) is 2. The van der Waals surface area contributed by atoms with Crippen molar-refractivity contribution in [2.45, 2.75) is 13.0 Å². The average molecular weight is 328 g/mol. The molecule has 0 bridgehead atoms. The molecule has 3 aromatic carbocycles. The Kier molecular flexibility index (Phi) is 5.89. The fourth-order valence-corrected chi connectivity index (χ4v) is 2.74. The first kappa shape index (κ1) is 16.8. The molecule has 2 nitrogen and oxygen atoms in total. The molecule has 0 unspecified atom stereocenters. The average Bonchev–Trinajstić information content (AvgIpc) is 2.67. The van der Waals surface area contributed by atoms with E-state index in [-0.39, 0.29) is 0 Å². The molecule has 0 saturated heterocycles. The van der Waals surface area contributed by atoms with Crippen molar-refractivity contribution in [3.05, 3.63) is 108 Å². The van der Waals surface area contributed by atoms with Gasteiger partial charge in [-0.2, -0.15) is 0 Å². The van der Waals surface area contributed by atoms with E-state index in [0.717, 1.165) is 25.2 Å². The highest BCUT2D eigenvalue weighted by Crippen LogP contribution is 2.12. The third-order valence-corrected chi connectivity index (χ3v) is 4.17. The first-order chi connectivity index (χ1) is 12.3. The van der Waals surface area contributed by atoms with Gasteiger partial charge in [0.05, 0.1) is 0 Å². The Morgan fingerprint density at radius 2 is 1.36 bits per heavy atom. The Balaban J connectivity index is 1.70. The van der Waals surface area contributed by atoms with Gasteiger partial charge in [-0.25, -0.2) is 0 Å². The summed E-state index contributed by atoms with van der Waals surface area (Å²) < 4.78 is 0. The summed E-state index contributed by atoms with van der Waals surface area (Å²) in [5, 5.41) is 0. The van der Waals surface area contributed by atoms with Crippen molar-refractivity contribution in [2.24, 2.45) is 0 Å². The largest absolute Gasteiger partial charge is 0.399 e. The summed E-state index contributed by atoms with van der Waals surface area (Å²) in [5.74, 6) is 0. The topological polar surface area (TPSA) is 29.3 Å². The Morgan fingerprint density at radius 1 is 0.720 bits per heavy atom. The second-order valence-corrected chi connectivity index (χ2v) is 6.17. The van der Waals surface area contributed by atoms with Gasteiger partial charge in [-0.05, 0) is 47.5 Å². The van der Waals surface area contributed by atoms with Gasteiger partial charge >= 0.3 is 0 Å². The minimum atomic E-state index is 0.805. The van der Waals surface area contributed by atoms with E-state index >= 15 is 0 Å². The van der Waals surface area contributed by atoms with Crippen LogP contribution in [-0.2, 0) is 13.0 Å². The highest BCUT2D eigenvalue weighted by atomic mass is 15.1. The van der Waals surface area contributed by atoms with Crippen molar-refractivity contribution in [3.8, 4) is 0 Å². The van der Waals surface area contributed by atoms with Crippen molar-refractivity contribution < 1.29 is 0 Å². The van der Waals surface area contributed by atoms with Gasteiger partial charge in [0.2, 0.25) is 0 Å². The van der Waals surface area contributed by atoms with E-state index in [0.29, 0.717) is 0 Å². The molecule has 126 valence electrons. The zero-order valence-electron chi connectivity index (χ0n) is 14.4. The van der Waals surface area contributed by atoms with Gasteiger partial charge < -0.3 is 10.6 Å². The van der Waals surface area contributed by atoms with Crippen LogP contribution < -0.4 is 5.73 Å². The number of nitrogens with two attached hydrogens (primary N) is 1. The lowest BCUT2D eigenvalue weighted by Crippen LogP contribution is -2.19. The smallest absolute Gasteiger partial charge is 0.0424 e. The normalized spacial score (nSPS) is 10.9. The maximum absolute atomic E-state index is 5.80. The van der Waals surface area contributed by atoms with Gasteiger partial charge in [0.1, 0.15) is 0 Å². The Bertz CT molecular complexity index is 777. The van der Waals surface area contributed by atoms with Crippen molar-refractivity contribution >= 4 is 11.8 Å². The van der Waals surface area contributed by atoms with Crippen LogP contribution in [0.1, 0.15) is 16.7 Å². The lowest BCUT2D eigenvalue weighted by Gasteiger charge is -2.21. The fraction of sp³-hybridized carbons (Fsp3) is 0.130. The molecular formula is C23H24N2. The van der Waals surface area contributed by atoms with Crippen LogP contribution in [0.4, 0.5) is 5.69 Å². The molecule has 0 aromatic heterocycles. The summed E-state index contributed by atoms with van der Waals surface area (Å²) in [5.41, 5.74) is 10.4. The quantitative estimate of drug-likeness (QED) is 0.619. The van der Waals surface area contributed by atoms with E-state index in [2.05, 4.69) is 83.9 Å². The third-order valence-electron chi connectivity index (χ3n) is 4.17. The molecule has 25 heavy (non-hydrogen) atoms. The Hall–Kier alpha value is -3.00. The Morgan fingerprint density at radius 3 is 2.04 bits per heavy atom. The summed E-state index contributed by atoms with van der Waals surface area (Å²) in [7, 11) is 0. The van der Waals surface area contributed by atoms with Crippen molar-refractivity contribution in [1.29, 1.82) is 0 Å². The molecule has 0 amide bonds. The molecule has 0 heterocycles. The number of rotatable bonds is 7. The minimum absolute atomic E-state index is 0.805. The van der Waals surface area contributed by atoms with Gasteiger partial charge in [-0.3, -0.25) is 0 Å². The molecule has 0 aliphatic rings. The fourth-order valence-electron chi connectivity index (χ4n) is 2.74. The van der Waals surface area contributed by atoms with Crippen LogP contribution in [-0.4, -0.2) is 11.4 Å². The van der Waals surface area contributed by atoms with Crippen LogP contribution in [0.15, 0.2) is 91.1 Å². The summed E-state index contributed by atoms with van der Waals surface area (Å²) in [4.78, 5) is 2.35. The van der Waals surface area contributed by atoms with E-state index in [1.165, 1.54) is 16.7 Å². The van der Waals surface area contributed by atoms with Gasteiger partial charge in [0, 0.05) is 18.8 Å². The number of nitrogen functional groups attached to an aromatic ring is 1. The predicted molar refractivity (Wildman–Crippen MR) is 107 cm³/mol. The maximum atomic E-state index is 5.80.